The van der Waals surface area contributed by atoms with E-state index >= 15 is 0 Å². The fraction of sp³-hybridized carbons (Fsp3) is 0.0588. The molecule has 0 spiro atoms. The van der Waals surface area contributed by atoms with Crippen LogP contribution in [0.15, 0.2) is 43.8 Å². The molecule has 0 amide bonds. The highest BCUT2D eigenvalue weighted by Gasteiger charge is 2.20. The lowest BCUT2D eigenvalue weighted by Crippen LogP contribution is -1.97. The summed E-state index contributed by atoms with van der Waals surface area (Å²) < 4.78 is 11.6. The lowest BCUT2D eigenvalue weighted by molar-refractivity contribution is 0.413. The number of rotatable bonds is 5. The highest BCUT2D eigenvalue weighted by molar-refractivity contribution is 6.09. The molecule has 0 aliphatic heterocycles. The SMILES string of the molecule is CNc1ncnc2c1[nH]c1nc(Oc3cncnc3)nc(Oc3cncnc3)c12. The molecule has 0 aliphatic carbocycles. The topological polar surface area (TPSA) is 149 Å². The number of nitrogens with one attached hydrogen (secondary N) is 2. The first-order valence-electron chi connectivity index (χ1n) is 8.39. The Hall–Kier alpha value is -4.48. The summed E-state index contributed by atoms with van der Waals surface area (Å²) in [6, 6.07) is 0.0460. The number of nitrogens with zero attached hydrogens (tertiary/aromatic N) is 8. The normalized spacial score (nSPS) is 10.9. The van der Waals surface area contributed by atoms with Gasteiger partial charge in [0.1, 0.15) is 35.4 Å². The number of hydrogen-bond acceptors (Lipinski definition) is 11. The Morgan fingerprint density at radius 3 is 2.21 bits per heavy atom. The summed E-state index contributed by atoms with van der Waals surface area (Å²) in [6.07, 6.45) is 10.3. The molecule has 0 aliphatic rings. The van der Waals surface area contributed by atoms with Gasteiger partial charge in [0, 0.05) is 7.05 Å². The van der Waals surface area contributed by atoms with Crippen LogP contribution >= 0.6 is 0 Å². The van der Waals surface area contributed by atoms with Gasteiger partial charge in [0.05, 0.1) is 24.8 Å². The molecule has 0 bridgehead atoms. The molecule has 12 heteroatoms. The Morgan fingerprint density at radius 2 is 1.52 bits per heavy atom. The number of aromatic nitrogens is 9. The first-order valence-corrected chi connectivity index (χ1v) is 8.39. The van der Waals surface area contributed by atoms with Gasteiger partial charge >= 0.3 is 6.01 Å². The van der Waals surface area contributed by atoms with Gasteiger partial charge in [0.2, 0.25) is 5.88 Å². The number of aromatic amines is 1. The molecule has 0 atom stereocenters. The third kappa shape index (κ3) is 3.07. The van der Waals surface area contributed by atoms with E-state index in [1.54, 1.807) is 7.05 Å². The molecule has 0 unspecified atom stereocenters. The smallest absolute Gasteiger partial charge is 0.327 e. The van der Waals surface area contributed by atoms with Crippen LogP contribution in [0.2, 0.25) is 0 Å². The molecule has 5 rings (SSSR count). The minimum atomic E-state index is 0.0460. The van der Waals surface area contributed by atoms with Crippen molar-refractivity contribution < 1.29 is 9.47 Å². The van der Waals surface area contributed by atoms with Crippen molar-refractivity contribution in [1.82, 2.24) is 44.9 Å². The molecule has 12 nitrogen and oxygen atoms in total. The highest BCUT2D eigenvalue weighted by atomic mass is 16.5. The lowest BCUT2D eigenvalue weighted by Gasteiger charge is -2.08. The maximum atomic E-state index is 5.92. The third-order valence-corrected chi connectivity index (χ3v) is 3.92. The first-order chi connectivity index (χ1) is 14.3. The van der Waals surface area contributed by atoms with Gasteiger partial charge in [-0.25, -0.2) is 29.9 Å². The van der Waals surface area contributed by atoms with Crippen molar-refractivity contribution >= 4 is 27.9 Å². The van der Waals surface area contributed by atoms with Gasteiger partial charge in [-0.2, -0.15) is 9.97 Å². The van der Waals surface area contributed by atoms with E-state index in [0.29, 0.717) is 39.4 Å². The zero-order valence-corrected chi connectivity index (χ0v) is 14.9. The molecule has 29 heavy (non-hydrogen) atoms. The predicted octanol–water partition coefficient (Wildman–Crippen LogP) is 2.11. The average molecular weight is 388 g/mol. The average Bonchev–Trinajstić information content (AvgIpc) is 3.14. The summed E-state index contributed by atoms with van der Waals surface area (Å²) in [5.41, 5.74) is 1.72. The van der Waals surface area contributed by atoms with Crippen molar-refractivity contribution in [2.75, 3.05) is 12.4 Å². The van der Waals surface area contributed by atoms with Crippen LogP contribution in [-0.4, -0.2) is 51.9 Å². The molecule has 0 aromatic carbocycles. The van der Waals surface area contributed by atoms with Crippen LogP contribution in [0, 0.1) is 0 Å². The Balaban J connectivity index is 1.71. The van der Waals surface area contributed by atoms with E-state index in [9.17, 15) is 0 Å². The molecule has 0 saturated heterocycles. The second-order valence-corrected chi connectivity index (χ2v) is 5.71. The van der Waals surface area contributed by atoms with Crippen molar-refractivity contribution in [2.24, 2.45) is 0 Å². The van der Waals surface area contributed by atoms with Crippen LogP contribution < -0.4 is 14.8 Å². The van der Waals surface area contributed by atoms with Crippen LogP contribution in [0.5, 0.6) is 23.4 Å². The number of anilines is 1. The molecule has 5 aromatic heterocycles. The fourth-order valence-corrected chi connectivity index (χ4v) is 2.74. The quantitative estimate of drug-likeness (QED) is 0.455. The van der Waals surface area contributed by atoms with Gasteiger partial charge in [-0.05, 0) is 0 Å². The number of hydrogen-bond donors (Lipinski definition) is 2. The van der Waals surface area contributed by atoms with E-state index in [1.165, 1.54) is 43.8 Å². The number of fused-ring (bicyclic) bond motifs is 3. The van der Waals surface area contributed by atoms with E-state index in [-0.39, 0.29) is 11.9 Å². The Bertz CT molecular complexity index is 1290. The van der Waals surface area contributed by atoms with Crippen molar-refractivity contribution in [2.45, 2.75) is 0 Å². The summed E-state index contributed by atoms with van der Waals surface area (Å²) in [5, 5.41) is 3.58. The minimum Gasteiger partial charge on any atom is -0.435 e. The fourth-order valence-electron chi connectivity index (χ4n) is 2.74. The van der Waals surface area contributed by atoms with Crippen molar-refractivity contribution in [3.05, 3.63) is 43.8 Å². The van der Waals surface area contributed by atoms with Crippen LogP contribution in [-0.2, 0) is 0 Å². The van der Waals surface area contributed by atoms with Crippen LogP contribution in [0.1, 0.15) is 0 Å². The summed E-state index contributed by atoms with van der Waals surface area (Å²) in [7, 11) is 1.77. The summed E-state index contributed by atoms with van der Waals surface area (Å²) in [6.45, 7) is 0. The van der Waals surface area contributed by atoms with E-state index in [0.717, 1.165) is 0 Å². The van der Waals surface area contributed by atoms with E-state index < -0.39 is 0 Å². The van der Waals surface area contributed by atoms with Gasteiger partial charge in [0.25, 0.3) is 0 Å². The molecule has 5 heterocycles. The Morgan fingerprint density at radius 1 is 0.828 bits per heavy atom. The highest BCUT2D eigenvalue weighted by Crippen LogP contribution is 2.35. The first kappa shape index (κ1) is 16.7. The molecular weight excluding hydrogens is 376 g/mol. The van der Waals surface area contributed by atoms with Crippen LogP contribution in [0.4, 0.5) is 5.82 Å². The summed E-state index contributed by atoms with van der Waals surface area (Å²) in [5.74, 6) is 1.62. The maximum absolute atomic E-state index is 5.92. The van der Waals surface area contributed by atoms with Gasteiger partial charge in [-0.3, -0.25) is 0 Å². The number of H-pyrrole nitrogens is 1. The van der Waals surface area contributed by atoms with Crippen molar-refractivity contribution in [3.63, 3.8) is 0 Å². The molecule has 0 saturated carbocycles. The van der Waals surface area contributed by atoms with Gasteiger partial charge in [-0.1, -0.05) is 0 Å². The Labute approximate surface area is 162 Å². The zero-order valence-electron chi connectivity index (χ0n) is 14.9. The monoisotopic (exact) mass is 388 g/mol. The van der Waals surface area contributed by atoms with Gasteiger partial charge in [-0.15, -0.1) is 0 Å². The molecule has 5 aromatic rings. The summed E-state index contributed by atoms with van der Waals surface area (Å²) >= 11 is 0. The second-order valence-electron chi connectivity index (χ2n) is 5.71. The second kappa shape index (κ2) is 6.92. The minimum absolute atomic E-state index is 0.0460. The number of ether oxygens (including phenoxy) is 2. The molecule has 2 N–H and O–H groups in total. The molecule has 0 radical (unpaired) electrons. The summed E-state index contributed by atoms with van der Waals surface area (Å²) in [4.78, 5) is 36.3. The predicted molar refractivity (Wildman–Crippen MR) is 101 cm³/mol. The van der Waals surface area contributed by atoms with Crippen molar-refractivity contribution in [3.8, 4) is 23.4 Å². The van der Waals surface area contributed by atoms with Crippen LogP contribution in [0.3, 0.4) is 0 Å². The standard InChI is InChI=1S/C17H12N10O2/c1-18-15-13-12(23-8-24-15)11-14(25-13)26-17(29-10-4-21-7-22-5-10)27-16(11)28-9-2-19-6-20-3-9/h2-8H,1H3,(H,18,23,24)(H,25,26,27). The van der Waals surface area contributed by atoms with Gasteiger partial charge in [0.15, 0.2) is 23.0 Å². The van der Waals surface area contributed by atoms with E-state index in [4.69, 9.17) is 9.47 Å². The molecular formula is C17H12N10O2. The van der Waals surface area contributed by atoms with Crippen LogP contribution in [0.25, 0.3) is 22.1 Å². The zero-order chi connectivity index (χ0) is 19.6. The molecule has 0 fully saturated rings. The van der Waals surface area contributed by atoms with E-state index in [2.05, 4.69) is 50.2 Å². The van der Waals surface area contributed by atoms with E-state index in [1.807, 2.05) is 0 Å². The maximum Gasteiger partial charge on any atom is 0.327 e. The van der Waals surface area contributed by atoms with Crippen molar-refractivity contribution in [1.29, 1.82) is 0 Å². The third-order valence-electron chi connectivity index (χ3n) is 3.92. The molecule has 142 valence electrons. The van der Waals surface area contributed by atoms with Gasteiger partial charge < -0.3 is 19.8 Å². The largest absolute Gasteiger partial charge is 0.435 e. The Kier molecular flexibility index (Phi) is 3.98. The lowest BCUT2D eigenvalue weighted by atomic mass is 10.3.